The average molecular weight is 448 g/mol. The maximum Gasteiger partial charge on any atom is 0.229 e. The number of carbonyl (C=O) groups is 1. The standard InChI is InChI=1S/C21H17Cl3N4O/c1-11-8-17-19(18(29)9-11)20(25-14-6-7-15(23)16(24)10-14)28-21(27-17)26-13-4-2-12(22)3-5-13/h2-7,10-11H,8-9H2,1H3,(H2,25,26,27,28). The molecule has 1 aliphatic rings. The van der Waals surface area contributed by atoms with Crippen LogP contribution in [0.15, 0.2) is 42.5 Å². The Labute approximate surface area is 183 Å². The van der Waals surface area contributed by atoms with Crippen molar-refractivity contribution < 1.29 is 4.79 Å². The summed E-state index contributed by atoms with van der Waals surface area (Å²) >= 11 is 18.1. The fraction of sp³-hybridized carbons (Fsp3) is 0.190. The predicted molar refractivity (Wildman–Crippen MR) is 118 cm³/mol. The molecule has 2 aromatic carbocycles. The van der Waals surface area contributed by atoms with E-state index < -0.39 is 0 Å². The number of hydrogen-bond donors (Lipinski definition) is 2. The van der Waals surface area contributed by atoms with Gasteiger partial charge in [-0.2, -0.15) is 4.98 Å². The fourth-order valence-electron chi connectivity index (χ4n) is 3.29. The van der Waals surface area contributed by atoms with Crippen LogP contribution in [0.25, 0.3) is 0 Å². The Bertz CT molecular complexity index is 1090. The van der Waals surface area contributed by atoms with Crippen molar-refractivity contribution in [3.05, 3.63) is 68.8 Å². The van der Waals surface area contributed by atoms with E-state index in [0.29, 0.717) is 50.9 Å². The van der Waals surface area contributed by atoms with Crippen molar-refractivity contribution in [2.24, 2.45) is 5.92 Å². The molecule has 148 valence electrons. The van der Waals surface area contributed by atoms with E-state index in [2.05, 4.69) is 20.6 Å². The lowest BCUT2D eigenvalue weighted by Crippen LogP contribution is -2.22. The lowest BCUT2D eigenvalue weighted by Gasteiger charge is -2.23. The van der Waals surface area contributed by atoms with E-state index in [1.54, 1.807) is 30.3 Å². The molecule has 5 nitrogen and oxygen atoms in total. The van der Waals surface area contributed by atoms with Crippen LogP contribution in [0.2, 0.25) is 15.1 Å². The molecule has 0 fully saturated rings. The van der Waals surface area contributed by atoms with Crippen molar-refractivity contribution in [2.45, 2.75) is 19.8 Å². The number of nitrogens with zero attached hydrogens (tertiary/aromatic N) is 2. The molecule has 0 radical (unpaired) electrons. The van der Waals surface area contributed by atoms with E-state index in [1.807, 2.05) is 19.1 Å². The second-order valence-corrected chi connectivity index (χ2v) is 8.29. The van der Waals surface area contributed by atoms with Gasteiger partial charge in [-0.3, -0.25) is 4.79 Å². The summed E-state index contributed by atoms with van der Waals surface area (Å²) in [5.41, 5.74) is 2.73. The molecule has 0 bridgehead atoms. The number of carbonyl (C=O) groups excluding carboxylic acids is 1. The molecule has 29 heavy (non-hydrogen) atoms. The van der Waals surface area contributed by atoms with Gasteiger partial charge in [0.05, 0.1) is 21.3 Å². The zero-order valence-corrected chi connectivity index (χ0v) is 17.7. The third kappa shape index (κ3) is 4.47. The average Bonchev–Trinajstić information content (AvgIpc) is 2.66. The molecule has 3 aromatic rings. The van der Waals surface area contributed by atoms with E-state index in [0.717, 1.165) is 11.4 Å². The zero-order chi connectivity index (χ0) is 20.5. The van der Waals surface area contributed by atoms with Crippen LogP contribution in [0.1, 0.15) is 29.4 Å². The van der Waals surface area contributed by atoms with E-state index in [-0.39, 0.29) is 11.7 Å². The summed E-state index contributed by atoms with van der Waals surface area (Å²) in [6.07, 6.45) is 1.17. The Morgan fingerprint density at radius 3 is 2.34 bits per heavy atom. The van der Waals surface area contributed by atoms with Gasteiger partial charge in [0.2, 0.25) is 5.95 Å². The number of halogens is 3. The van der Waals surface area contributed by atoms with Gasteiger partial charge < -0.3 is 10.6 Å². The van der Waals surface area contributed by atoms with Crippen molar-refractivity contribution >= 4 is 63.7 Å². The maximum absolute atomic E-state index is 12.7. The lowest BCUT2D eigenvalue weighted by atomic mass is 9.87. The topological polar surface area (TPSA) is 66.9 Å². The fourth-order valence-corrected chi connectivity index (χ4v) is 3.71. The molecule has 1 heterocycles. The summed E-state index contributed by atoms with van der Waals surface area (Å²) in [5.74, 6) is 1.10. The van der Waals surface area contributed by atoms with E-state index in [1.165, 1.54) is 0 Å². The quantitative estimate of drug-likeness (QED) is 0.466. The normalized spacial score (nSPS) is 15.7. The van der Waals surface area contributed by atoms with Gasteiger partial charge in [-0.05, 0) is 54.8 Å². The van der Waals surface area contributed by atoms with Crippen LogP contribution >= 0.6 is 34.8 Å². The highest BCUT2D eigenvalue weighted by Gasteiger charge is 2.28. The minimum absolute atomic E-state index is 0.0272. The Morgan fingerprint density at radius 1 is 0.897 bits per heavy atom. The largest absolute Gasteiger partial charge is 0.339 e. The van der Waals surface area contributed by atoms with Gasteiger partial charge in [-0.25, -0.2) is 4.98 Å². The molecule has 1 aromatic heterocycles. The Kier molecular flexibility index (Phi) is 5.63. The predicted octanol–water partition coefficient (Wildman–Crippen LogP) is 6.69. The molecule has 8 heteroatoms. The molecule has 1 aliphatic carbocycles. The van der Waals surface area contributed by atoms with Gasteiger partial charge >= 0.3 is 0 Å². The number of rotatable bonds is 4. The molecule has 1 atom stereocenters. The van der Waals surface area contributed by atoms with Crippen molar-refractivity contribution in [3.63, 3.8) is 0 Å². The highest BCUT2D eigenvalue weighted by molar-refractivity contribution is 6.42. The van der Waals surface area contributed by atoms with Crippen LogP contribution < -0.4 is 10.6 Å². The van der Waals surface area contributed by atoms with Gasteiger partial charge in [0, 0.05) is 22.8 Å². The highest BCUT2D eigenvalue weighted by atomic mass is 35.5. The summed E-state index contributed by atoms with van der Waals surface area (Å²) in [6.45, 7) is 2.04. The molecular weight excluding hydrogens is 431 g/mol. The number of fused-ring (bicyclic) bond motifs is 1. The minimum atomic E-state index is 0.0272. The van der Waals surface area contributed by atoms with Crippen LogP contribution in [0.5, 0.6) is 0 Å². The Hall–Kier alpha value is -2.34. The lowest BCUT2D eigenvalue weighted by molar-refractivity contribution is 0.0953. The van der Waals surface area contributed by atoms with Crippen LogP contribution in [0.3, 0.4) is 0 Å². The molecule has 0 aliphatic heterocycles. The van der Waals surface area contributed by atoms with Crippen molar-refractivity contribution in [2.75, 3.05) is 10.6 Å². The van der Waals surface area contributed by atoms with Crippen LogP contribution in [-0.4, -0.2) is 15.8 Å². The first-order valence-electron chi connectivity index (χ1n) is 9.08. The summed E-state index contributed by atoms with van der Waals surface area (Å²) < 4.78 is 0. The number of hydrogen-bond acceptors (Lipinski definition) is 5. The Balaban J connectivity index is 1.74. The summed E-state index contributed by atoms with van der Waals surface area (Å²) in [4.78, 5) is 21.9. The molecule has 2 N–H and O–H groups in total. The van der Waals surface area contributed by atoms with Crippen LogP contribution in [0, 0.1) is 5.92 Å². The summed E-state index contributed by atoms with van der Waals surface area (Å²) in [7, 11) is 0. The SMILES string of the molecule is CC1CC(=O)c2c(nc(Nc3ccc(Cl)cc3)nc2Nc2ccc(Cl)c(Cl)c2)C1. The second kappa shape index (κ2) is 8.19. The number of anilines is 4. The van der Waals surface area contributed by atoms with Gasteiger partial charge in [-0.1, -0.05) is 41.7 Å². The first kappa shape index (κ1) is 20.0. The minimum Gasteiger partial charge on any atom is -0.339 e. The molecule has 0 spiro atoms. The molecule has 0 amide bonds. The van der Waals surface area contributed by atoms with Gasteiger partial charge in [-0.15, -0.1) is 0 Å². The third-order valence-corrected chi connectivity index (χ3v) is 5.61. The second-order valence-electron chi connectivity index (χ2n) is 7.04. The van der Waals surface area contributed by atoms with Crippen molar-refractivity contribution in [1.82, 2.24) is 9.97 Å². The molecular formula is C21H17Cl3N4O. The molecule has 4 rings (SSSR count). The first-order chi connectivity index (χ1) is 13.9. The maximum atomic E-state index is 12.7. The van der Waals surface area contributed by atoms with Gasteiger partial charge in [0.25, 0.3) is 0 Å². The Morgan fingerprint density at radius 2 is 1.62 bits per heavy atom. The van der Waals surface area contributed by atoms with Crippen LogP contribution in [-0.2, 0) is 6.42 Å². The zero-order valence-electron chi connectivity index (χ0n) is 15.5. The molecule has 0 saturated carbocycles. The number of Topliss-reactive ketones (excluding diaryl/α,β-unsaturated/α-hetero) is 1. The van der Waals surface area contributed by atoms with Gasteiger partial charge in [0.1, 0.15) is 5.82 Å². The number of benzene rings is 2. The van der Waals surface area contributed by atoms with E-state index >= 15 is 0 Å². The van der Waals surface area contributed by atoms with E-state index in [9.17, 15) is 4.79 Å². The van der Waals surface area contributed by atoms with Crippen LogP contribution in [0.4, 0.5) is 23.1 Å². The smallest absolute Gasteiger partial charge is 0.229 e. The molecule has 1 unspecified atom stereocenters. The summed E-state index contributed by atoms with van der Waals surface area (Å²) in [5, 5.41) is 7.90. The monoisotopic (exact) mass is 446 g/mol. The summed E-state index contributed by atoms with van der Waals surface area (Å²) in [6, 6.07) is 12.4. The first-order valence-corrected chi connectivity index (χ1v) is 10.2. The van der Waals surface area contributed by atoms with Gasteiger partial charge in [0.15, 0.2) is 5.78 Å². The van der Waals surface area contributed by atoms with E-state index in [4.69, 9.17) is 34.8 Å². The molecule has 0 saturated heterocycles. The number of ketones is 1. The number of nitrogens with one attached hydrogen (secondary N) is 2. The third-order valence-electron chi connectivity index (χ3n) is 4.62. The highest BCUT2D eigenvalue weighted by Crippen LogP contribution is 2.33. The number of aromatic nitrogens is 2. The van der Waals surface area contributed by atoms with Crippen molar-refractivity contribution in [3.8, 4) is 0 Å². The van der Waals surface area contributed by atoms with Crippen molar-refractivity contribution in [1.29, 1.82) is 0 Å².